The normalized spacial score (nSPS) is 26.2. The fourth-order valence-corrected chi connectivity index (χ4v) is 1.80. The van der Waals surface area contributed by atoms with Crippen LogP contribution in [-0.2, 0) is 4.79 Å². The SMILES string of the molecule is CNCC(=O)N1CC[C@](CO)(C(F)(F)F)C1. The predicted molar refractivity (Wildman–Crippen MR) is 50.7 cm³/mol. The van der Waals surface area contributed by atoms with E-state index in [1.54, 1.807) is 7.05 Å². The lowest BCUT2D eigenvalue weighted by Gasteiger charge is -2.29. The van der Waals surface area contributed by atoms with Gasteiger partial charge in [-0.15, -0.1) is 0 Å². The van der Waals surface area contributed by atoms with Gasteiger partial charge in [-0.25, -0.2) is 0 Å². The van der Waals surface area contributed by atoms with Crippen LogP contribution in [0.2, 0.25) is 0 Å². The van der Waals surface area contributed by atoms with Gasteiger partial charge in [0.15, 0.2) is 0 Å². The van der Waals surface area contributed by atoms with E-state index in [0.29, 0.717) is 0 Å². The van der Waals surface area contributed by atoms with Crippen LogP contribution in [0.25, 0.3) is 0 Å². The molecule has 7 heteroatoms. The number of halogens is 3. The molecule has 0 aliphatic carbocycles. The fourth-order valence-electron chi connectivity index (χ4n) is 1.80. The van der Waals surface area contributed by atoms with Crippen LogP contribution in [0.1, 0.15) is 6.42 Å². The number of rotatable bonds is 3. The van der Waals surface area contributed by atoms with Crippen LogP contribution in [0.5, 0.6) is 0 Å². The molecular weight excluding hydrogens is 225 g/mol. The zero-order chi connectivity index (χ0) is 12.4. The minimum absolute atomic E-state index is 0.0133. The van der Waals surface area contributed by atoms with Gasteiger partial charge in [0.1, 0.15) is 5.41 Å². The summed E-state index contributed by atoms with van der Waals surface area (Å²) in [5.41, 5.74) is -2.14. The number of alkyl halides is 3. The number of aliphatic hydroxyl groups excluding tert-OH is 1. The molecule has 94 valence electrons. The number of hydrogen-bond acceptors (Lipinski definition) is 3. The van der Waals surface area contributed by atoms with Crippen molar-refractivity contribution in [1.29, 1.82) is 0 Å². The second-order valence-corrected chi connectivity index (χ2v) is 4.03. The predicted octanol–water partition coefficient (Wildman–Crippen LogP) is -0.0209. The number of carbonyl (C=O) groups excluding carboxylic acids is 1. The third kappa shape index (κ3) is 2.30. The van der Waals surface area contributed by atoms with Crippen molar-refractivity contribution in [3.63, 3.8) is 0 Å². The molecule has 2 N–H and O–H groups in total. The molecule has 0 bridgehead atoms. The number of nitrogens with one attached hydrogen (secondary N) is 1. The molecule has 16 heavy (non-hydrogen) atoms. The second-order valence-electron chi connectivity index (χ2n) is 4.03. The van der Waals surface area contributed by atoms with Gasteiger partial charge in [-0.3, -0.25) is 4.79 Å². The van der Waals surface area contributed by atoms with E-state index in [2.05, 4.69) is 5.32 Å². The maximum atomic E-state index is 12.7. The number of carbonyl (C=O) groups is 1. The summed E-state index contributed by atoms with van der Waals surface area (Å²) < 4.78 is 38.2. The quantitative estimate of drug-likeness (QED) is 0.729. The number of aliphatic hydroxyl groups is 1. The van der Waals surface area contributed by atoms with Gasteiger partial charge in [0.25, 0.3) is 0 Å². The Bertz CT molecular complexity index is 270. The molecule has 0 aromatic heterocycles. The highest BCUT2D eigenvalue weighted by atomic mass is 19.4. The molecule has 0 aromatic carbocycles. The van der Waals surface area contributed by atoms with Crippen molar-refractivity contribution in [2.24, 2.45) is 5.41 Å². The summed E-state index contributed by atoms with van der Waals surface area (Å²) in [6.45, 7) is -1.37. The molecule has 1 aliphatic heterocycles. The van der Waals surface area contributed by atoms with E-state index in [9.17, 15) is 18.0 Å². The van der Waals surface area contributed by atoms with Gasteiger partial charge in [0, 0.05) is 13.1 Å². The number of hydrogen-bond donors (Lipinski definition) is 2. The summed E-state index contributed by atoms with van der Waals surface area (Å²) >= 11 is 0. The van der Waals surface area contributed by atoms with E-state index < -0.39 is 24.7 Å². The Morgan fingerprint density at radius 1 is 1.56 bits per heavy atom. The van der Waals surface area contributed by atoms with Crippen LogP contribution in [0.3, 0.4) is 0 Å². The Hall–Kier alpha value is -0.820. The Morgan fingerprint density at radius 3 is 2.56 bits per heavy atom. The van der Waals surface area contributed by atoms with Crippen molar-refractivity contribution in [2.75, 3.05) is 33.3 Å². The smallest absolute Gasteiger partial charge is 0.395 e. The highest BCUT2D eigenvalue weighted by Crippen LogP contribution is 2.44. The molecule has 0 saturated carbocycles. The first-order valence-electron chi connectivity index (χ1n) is 4.96. The fraction of sp³-hybridized carbons (Fsp3) is 0.889. The summed E-state index contributed by atoms with van der Waals surface area (Å²) in [4.78, 5) is 12.5. The molecule has 0 unspecified atom stereocenters. The summed E-state index contributed by atoms with van der Waals surface area (Å²) in [6.07, 6.45) is -4.71. The zero-order valence-electron chi connectivity index (χ0n) is 8.97. The van der Waals surface area contributed by atoms with E-state index in [1.165, 1.54) is 0 Å². The Kier molecular flexibility index (Phi) is 3.80. The standard InChI is InChI=1S/C9H15F3N2O2/c1-13-4-7(16)14-3-2-8(5-14,6-15)9(10,11)12/h13,15H,2-6H2,1H3/t8-/m0/s1. The van der Waals surface area contributed by atoms with Gasteiger partial charge >= 0.3 is 6.18 Å². The van der Waals surface area contributed by atoms with Crippen molar-refractivity contribution in [1.82, 2.24) is 10.2 Å². The number of likely N-dealkylation sites (N-methyl/N-ethyl adjacent to an activating group) is 1. The summed E-state index contributed by atoms with van der Waals surface area (Å²) in [5, 5.41) is 11.5. The average Bonchev–Trinajstić information content (AvgIpc) is 2.62. The molecular formula is C9H15F3N2O2. The zero-order valence-corrected chi connectivity index (χ0v) is 8.97. The van der Waals surface area contributed by atoms with Gasteiger partial charge in [0.05, 0.1) is 13.2 Å². The highest BCUT2D eigenvalue weighted by Gasteiger charge is 2.58. The molecule has 1 aliphatic rings. The lowest BCUT2D eigenvalue weighted by atomic mass is 9.87. The third-order valence-corrected chi connectivity index (χ3v) is 2.94. The molecule has 0 spiro atoms. The van der Waals surface area contributed by atoms with Gasteiger partial charge < -0.3 is 15.3 Å². The van der Waals surface area contributed by atoms with Crippen LogP contribution in [0.4, 0.5) is 13.2 Å². The molecule has 1 rings (SSSR count). The Labute approximate surface area is 91.4 Å². The Morgan fingerprint density at radius 2 is 2.19 bits per heavy atom. The first-order valence-corrected chi connectivity index (χ1v) is 4.96. The number of likely N-dealkylation sites (tertiary alicyclic amines) is 1. The summed E-state index contributed by atoms with van der Waals surface area (Å²) in [7, 11) is 1.55. The van der Waals surface area contributed by atoms with Crippen molar-refractivity contribution in [3.05, 3.63) is 0 Å². The number of amides is 1. The molecule has 1 amide bonds. The van der Waals surface area contributed by atoms with Crippen LogP contribution < -0.4 is 5.32 Å². The molecule has 1 fully saturated rings. The summed E-state index contributed by atoms with van der Waals surface area (Å²) in [5.74, 6) is -0.373. The van der Waals surface area contributed by atoms with Crippen LogP contribution in [0.15, 0.2) is 0 Å². The minimum atomic E-state index is -4.48. The molecule has 1 atom stereocenters. The maximum absolute atomic E-state index is 12.7. The van der Waals surface area contributed by atoms with Crippen LogP contribution >= 0.6 is 0 Å². The van der Waals surface area contributed by atoms with Gasteiger partial charge in [-0.2, -0.15) is 13.2 Å². The van der Waals surface area contributed by atoms with Crippen molar-refractivity contribution in [2.45, 2.75) is 12.6 Å². The van der Waals surface area contributed by atoms with Crippen molar-refractivity contribution >= 4 is 5.91 Å². The van der Waals surface area contributed by atoms with E-state index >= 15 is 0 Å². The van der Waals surface area contributed by atoms with Gasteiger partial charge in [-0.1, -0.05) is 0 Å². The van der Waals surface area contributed by atoms with E-state index in [1.807, 2.05) is 0 Å². The lowest BCUT2D eigenvalue weighted by Crippen LogP contribution is -2.45. The molecule has 1 saturated heterocycles. The molecule has 1 heterocycles. The average molecular weight is 240 g/mol. The first kappa shape index (κ1) is 13.2. The molecule has 4 nitrogen and oxygen atoms in total. The maximum Gasteiger partial charge on any atom is 0.398 e. The van der Waals surface area contributed by atoms with E-state index in [-0.39, 0.29) is 25.4 Å². The topological polar surface area (TPSA) is 52.6 Å². The summed E-state index contributed by atoms with van der Waals surface area (Å²) in [6, 6.07) is 0. The van der Waals surface area contributed by atoms with Crippen LogP contribution in [-0.4, -0.2) is 55.4 Å². The lowest BCUT2D eigenvalue weighted by molar-refractivity contribution is -0.230. The second kappa shape index (κ2) is 4.58. The third-order valence-electron chi connectivity index (χ3n) is 2.94. The van der Waals surface area contributed by atoms with E-state index in [0.717, 1.165) is 4.90 Å². The molecule has 0 radical (unpaired) electrons. The van der Waals surface area contributed by atoms with Crippen molar-refractivity contribution in [3.8, 4) is 0 Å². The molecule has 0 aromatic rings. The van der Waals surface area contributed by atoms with Gasteiger partial charge in [0.2, 0.25) is 5.91 Å². The first-order chi connectivity index (χ1) is 7.36. The Balaban J connectivity index is 2.72. The monoisotopic (exact) mass is 240 g/mol. The highest BCUT2D eigenvalue weighted by molar-refractivity contribution is 5.78. The largest absolute Gasteiger partial charge is 0.398 e. The number of nitrogens with zero attached hydrogens (tertiary/aromatic N) is 1. The van der Waals surface area contributed by atoms with Crippen molar-refractivity contribution < 1.29 is 23.1 Å². The minimum Gasteiger partial charge on any atom is -0.395 e. The van der Waals surface area contributed by atoms with Crippen LogP contribution in [0, 0.1) is 5.41 Å². The van der Waals surface area contributed by atoms with Gasteiger partial charge in [-0.05, 0) is 13.5 Å². The van der Waals surface area contributed by atoms with E-state index in [4.69, 9.17) is 5.11 Å².